The predicted octanol–water partition coefficient (Wildman–Crippen LogP) is 2.35. The van der Waals surface area contributed by atoms with Gasteiger partial charge in [0.25, 0.3) is 5.91 Å². The third-order valence-electron chi connectivity index (χ3n) is 3.05. The first kappa shape index (κ1) is 11.2. The Morgan fingerprint density at radius 1 is 1.31 bits per heavy atom. The summed E-state index contributed by atoms with van der Waals surface area (Å²) in [6.45, 7) is 3.55. The summed E-state index contributed by atoms with van der Waals surface area (Å²) in [5.74, 6) is 0.791. The summed E-state index contributed by atoms with van der Waals surface area (Å²) in [7, 11) is 0. The molecule has 1 heterocycles. The number of nitrogens with zero attached hydrogens (tertiary/aromatic N) is 1. The van der Waals surface area contributed by atoms with E-state index in [1.807, 2.05) is 0 Å². The van der Waals surface area contributed by atoms with Gasteiger partial charge in [0.15, 0.2) is 5.89 Å². The Morgan fingerprint density at radius 3 is 2.56 bits per heavy atom. The van der Waals surface area contributed by atoms with Crippen LogP contribution in [0, 0.1) is 13.8 Å². The van der Waals surface area contributed by atoms with Gasteiger partial charge in [0.05, 0.1) is 5.69 Å². The van der Waals surface area contributed by atoms with Crippen molar-refractivity contribution >= 4 is 5.91 Å². The Morgan fingerprint density at radius 2 is 2.00 bits per heavy atom. The summed E-state index contributed by atoms with van der Waals surface area (Å²) in [5, 5.41) is 3.02. The van der Waals surface area contributed by atoms with E-state index in [4.69, 9.17) is 4.42 Å². The summed E-state index contributed by atoms with van der Waals surface area (Å²) in [6.07, 6.45) is 5.86. The highest BCUT2D eigenvalue weighted by molar-refractivity contribution is 5.92. The standard InChI is InChI=1S/C12H18N2O2/c1-8-11(16-9(2)13-8)12(15)14-10-6-4-3-5-7-10/h10H,3-7H2,1-2H3,(H,14,15). The minimum absolute atomic E-state index is 0.120. The summed E-state index contributed by atoms with van der Waals surface area (Å²) < 4.78 is 5.29. The molecule has 0 bridgehead atoms. The zero-order chi connectivity index (χ0) is 11.5. The number of hydrogen-bond donors (Lipinski definition) is 1. The van der Waals surface area contributed by atoms with E-state index < -0.39 is 0 Å². The Labute approximate surface area is 95.4 Å². The molecule has 1 fully saturated rings. The normalized spacial score (nSPS) is 17.4. The molecule has 1 aliphatic carbocycles. The largest absolute Gasteiger partial charge is 0.436 e. The second-order valence-electron chi connectivity index (χ2n) is 4.46. The molecule has 2 rings (SSSR count). The third-order valence-corrected chi connectivity index (χ3v) is 3.05. The van der Waals surface area contributed by atoms with Crippen molar-refractivity contribution in [3.05, 3.63) is 17.3 Å². The monoisotopic (exact) mass is 222 g/mol. The van der Waals surface area contributed by atoms with Gasteiger partial charge in [0, 0.05) is 13.0 Å². The maximum atomic E-state index is 11.9. The van der Waals surface area contributed by atoms with Crippen molar-refractivity contribution in [3.63, 3.8) is 0 Å². The van der Waals surface area contributed by atoms with Crippen LogP contribution in [0.2, 0.25) is 0 Å². The number of oxazole rings is 1. The highest BCUT2D eigenvalue weighted by Gasteiger charge is 2.20. The molecule has 0 radical (unpaired) electrons. The zero-order valence-corrected chi connectivity index (χ0v) is 9.88. The first-order valence-electron chi connectivity index (χ1n) is 5.91. The molecule has 16 heavy (non-hydrogen) atoms. The second kappa shape index (κ2) is 4.68. The van der Waals surface area contributed by atoms with Crippen LogP contribution in [0.4, 0.5) is 0 Å². The lowest BCUT2D eigenvalue weighted by Crippen LogP contribution is -2.36. The molecule has 0 saturated heterocycles. The van der Waals surface area contributed by atoms with E-state index >= 15 is 0 Å². The fraction of sp³-hybridized carbons (Fsp3) is 0.667. The molecule has 4 heteroatoms. The number of aryl methyl sites for hydroxylation is 2. The highest BCUT2D eigenvalue weighted by atomic mass is 16.4. The van der Waals surface area contributed by atoms with Gasteiger partial charge >= 0.3 is 0 Å². The van der Waals surface area contributed by atoms with Gasteiger partial charge in [-0.15, -0.1) is 0 Å². The minimum atomic E-state index is -0.120. The molecule has 1 saturated carbocycles. The Hall–Kier alpha value is -1.32. The van der Waals surface area contributed by atoms with Gasteiger partial charge in [-0.25, -0.2) is 4.98 Å². The number of aromatic nitrogens is 1. The van der Waals surface area contributed by atoms with Crippen molar-refractivity contribution in [1.29, 1.82) is 0 Å². The summed E-state index contributed by atoms with van der Waals surface area (Å²) >= 11 is 0. The SMILES string of the molecule is Cc1nc(C)c(C(=O)NC2CCCCC2)o1. The molecule has 1 aromatic heterocycles. The number of rotatable bonds is 2. The van der Waals surface area contributed by atoms with Crippen LogP contribution in [-0.2, 0) is 0 Å². The quantitative estimate of drug-likeness (QED) is 0.835. The third kappa shape index (κ3) is 2.43. The van der Waals surface area contributed by atoms with Gasteiger partial charge in [-0.1, -0.05) is 19.3 Å². The first-order valence-corrected chi connectivity index (χ1v) is 5.91. The fourth-order valence-electron chi connectivity index (χ4n) is 2.24. The van der Waals surface area contributed by atoms with Crippen LogP contribution >= 0.6 is 0 Å². The average Bonchev–Trinajstić information content (AvgIpc) is 2.59. The summed E-state index contributed by atoms with van der Waals surface area (Å²) in [4.78, 5) is 16.0. The lowest BCUT2D eigenvalue weighted by Gasteiger charge is -2.22. The van der Waals surface area contributed by atoms with Crippen molar-refractivity contribution in [3.8, 4) is 0 Å². The van der Waals surface area contributed by atoms with Crippen molar-refractivity contribution in [2.45, 2.75) is 52.0 Å². The van der Waals surface area contributed by atoms with Crippen LogP contribution in [0.1, 0.15) is 54.2 Å². The summed E-state index contributed by atoms with van der Waals surface area (Å²) in [6, 6.07) is 0.311. The van der Waals surface area contributed by atoms with Crippen LogP contribution in [0.15, 0.2) is 4.42 Å². The number of hydrogen-bond acceptors (Lipinski definition) is 3. The van der Waals surface area contributed by atoms with Gasteiger partial charge in [-0.2, -0.15) is 0 Å². The van der Waals surface area contributed by atoms with Crippen LogP contribution in [0.5, 0.6) is 0 Å². The van der Waals surface area contributed by atoms with Crippen LogP contribution in [0.25, 0.3) is 0 Å². The van der Waals surface area contributed by atoms with E-state index in [1.165, 1.54) is 19.3 Å². The molecule has 1 aromatic rings. The maximum Gasteiger partial charge on any atom is 0.289 e. The predicted molar refractivity (Wildman–Crippen MR) is 60.3 cm³/mol. The molecule has 88 valence electrons. The van der Waals surface area contributed by atoms with Gasteiger partial charge in [0.1, 0.15) is 0 Å². The van der Waals surface area contributed by atoms with Crippen LogP contribution in [-0.4, -0.2) is 16.9 Å². The molecular formula is C12H18N2O2. The van der Waals surface area contributed by atoms with Crippen molar-refractivity contribution in [2.75, 3.05) is 0 Å². The highest BCUT2D eigenvalue weighted by Crippen LogP contribution is 2.18. The molecule has 0 aliphatic heterocycles. The minimum Gasteiger partial charge on any atom is -0.436 e. The molecule has 1 aliphatic rings. The first-order chi connectivity index (χ1) is 7.66. The molecule has 0 spiro atoms. The Balaban J connectivity index is 1.99. The molecule has 1 N–H and O–H groups in total. The average molecular weight is 222 g/mol. The van der Waals surface area contributed by atoms with E-state index in [2.05, 4.69) is 10.3 Å². The maximum absolute atomic E-state index is 11.9. The van der Waals surface area contributed by atoms with E-state index in [-0.39, 0.29) is 5.91 Å². The Kier molecular flexibility index (Phi) is 3.27. The summed E-state index contributed by atoms with van der Waals surface area (Å²) in [5.41, 5.74) is 0.672. The topological polar surface area (TPSA) is 55.1 Å². The molecule has 0 aromatic carbocycles. The molecule has 4 nitrogen and oxygen atoms in total. The van der Waals surface area contributed by atoms with Crippen LogP contribution in [0.3, 0.4) is 0 Å². The second-order valence-corrected chi connectivity index (χ2v) is 4.46. The number of carbonyl (C=O) groups is 1. The van der Waals surface area contributed by atoms with Crippen molar-refractivity contribution < 1.29 is 9.21 Å². The fourth-order valence-corrected chi connectivity index (χ4v) is 2.24. The number of carbonyl (C=O) groups excluding carboxylic acids is 1. The molecule has 0 unspecified atom stereocenters. The lowest BCUT2D eigenvalue weighted by atomic mass is 9.95. The van der Waals surface area contributed by atoms with E-state index in [0.29, 0.717) is 23.4 Å². The van der Waals surface area contributed by atoms with Gasteiger partial charge < -0.3 is 9.73 Å². The smallest absolute Gasteiger partial charge is 0.289 e. The van der Waals surface area contributed by atoms with Gasteiger partial charge in [-0.3, -0.25) is 4.79 Å². The Bertz CT molecular complexity index is 378. The molecule has 1 amide bonds. The lowest BCUT2D eigenvalue weighted by molar-refractivity contribution is 0.0897. The number of amides is 1. The van der Waals surface area contributed by atoms with E-state index in [1.54, 1.807) is 13.8 Å². The molecule has 0 atom stereocenters. The van der Waals surface area contributed by atoms with E-state index in [0.717, 1.165) is 12.8 Å². The zero-order valence-electron chi connectivity index (χ0n) is 9.88. The van der Waals surface area contributed by atoms with Crippen molar-refractivity contribution in [2.24, 2.45) is 0 Å². The van der Waals surface area contributed by atoms with Gasteiger partial charge in [-0.05, 0) is 19.8 Å². The number of nitrogens with one attached hydrogen (secondary N) is 1. The van der Waals surface area contributed by atoms with Gasteiger partial charge in [0.2, 0.25) is 5.76 Å². The molecular weight excluding hydrogens is 204 g/mol. The van der Waals surface area contributed by atoms with Crippen LogP contribution < -0.4 is 5.32 Å². The van der Waals surface area contributed by atoms with Crippen molar-refractivity contribution in [1.82, 2.24) is 10.3 Å². The van der Waals surface area contributed by atoms with E-state index in [9.17, 15) is 4.79 Å².